The largest absolute Gasteiger partial charge is 0.388 e. The molecule has 0 bridgehead atoms. The van der Waals surface area contributed by atoms with E-state index >= 15 is 0 Å². The summed E-state index contributed by atoms with van der Waals surface area (Å²) >= 11 is 0. The Morgan fingerprint density at radius 2 is 1.94 bits per heavy atom. The Balaban J connectivity index is 1.99. The minimum Gasteiger partial charge on any atom is -0.388 e. The third-order valence-electron chi connectivity index (χ3n) is 2.73. The summed E-state index contributed by atoms with van der Waals surface area (Å²) in [6.45, 7) is 0. The summed E-state index contributed by atoms with van der Waals surface area (Å²) < 4.78 is 25.8. The number of hydrogen-bond acceptors (Lipinski definition) is 2. The molecule has 2 nitrogen and oxygen atoms in total. The minimum absolute atomic E-state index is 0.379. The van der Waals surface area contributed by atoms with Gasteiger partial charge in [-0.25, -0.2) is 8.78 Å². The van der Waals surface area contributed by atoms with Gasteiger partial charge in [0, 0.05) is 11.9 Å². The van der Waals surface area contributed by atoms with Gasteiger partial charge in [-0.15, -0.1) is 0 Å². The molecule has 4 heteroatoms. The molecule has 1 unspecified atom stereocenters. The molecule has 0 aliphatic rings. The van der Waals surface area contributed by atoms with Crippen LogP contribution in [0.25, 0.3) is 0 Å². The molecular weight excluding hydrogens is 236 g/mol. The van der Waals surface area contributed by atoms with Crippen molar-refractivity contribution >= 4 is 0 Å². The summed E-state index contributed by atoms with van der Waals surface area (Å²) in [6.07, 6.45) is 1.87. The summed E-state index contributed by atoms with van der Waals surface area (Å²) in [5.41, 5.74) is 1.24. The van der Waals surface area contributed by atoms with Crippen molar-refractivity contribution in [3.8, 4) is 0 Å². The lowest BCUT2D eigenvalue weighted by Gasteiger charge is -2.10. The molecule has 0 saturated heterocycles. The highest BCUT2D eigenvalue weighted by atomic mass is 19.2. The molecule has 0 fully saturated rings. The van der Waals surface area contributed by atoms with Crippen molar-refractivity contribution in [1.82, 2.24) is 4.98 Å². The van der Waals surface area contributed by atoms with Crippen molar-refractivity contribution in [3.63, 3.8) is 0 Å². The van der Waals surface area contributed by atoms with Gasteiger partial charge in [0.1, 0.15) is 0 Å². The van der Waals surface area contributed by atoms with Gasteiger partial charge < -0.3 is 5.11 Å². The lowest BCUT2D eigenvalue weighted by Crippen LogP contribution is -2.01. The van der Waals surface area contributed by atoms with E-state index in [-0.39, 0.29) is 0 Å². The van der Waals surface area contributed by atoms with Crippen molar-refractivity contribution in [2.24, 2.45) is 0 Å². The van der Waals surface area contributed by atoms with Crippen LogP contribution in [0.4, 0.5) is 8.78 Å². The SMILES string of the molecule is OC(CCc1ccccn1)c1ccc(F)c(F)c1. The molecular formula is C14H13F2NO. The van der Waals surface area contributed by atoms with Crippen molar-refractivity contribution in [1.29, 1.82) is 0 Å². The second kappa shape index (κ2) is 5.69. The van der Waals surface area contributed by atoms with Crippen LogP contribution in [0.1, 0.15) is 23.8 Å². The lowest BCUT2D eigenvalue weighted by atomic mass is 10.0. The average molecular weight is 249 g/mol. The van der Waals surface area contributed by atoms with Crippen molar-refractivity contribution in [2.45, 2.75) is 18.9 Å². The summed E-state index contributed by atoms with van der Waals surface area (Å²) in [5.74, 6) is -1.85. The Kier molecular flexibility index (Phi) is 3.99. The van der Waals surface area contributed by atoms with Crippen LogP contribution < -0.4 is 0 Å². The van der Waals surface area contributed by atoms with E-state index in [1.165, 1.54) is 6.07 Å². The van der Waals surface area contributed by atoms with Crippen molar-refractivity contribution in [2.75, 3.05) is 0 Å². The molecule has 0 aliphatic heterocycles. The first-order valence-electron chi connectivity index (χ1n) is 5.70. The fourth-order valence-corrected chi connectivity index (χ4v) is 1.72. The minimum atomic E-state index is -0.940. The van der Waals surface area contributed by atoms with Crippen LogP contribution in [0, 0.1) is 11.6 Å². The molecule has 1 heterocycles. The molecule has 2 aromatic rings. The number of hydrogen-bond donors (Lipinski definition) is 1. The van der Waals surface area contributed by atoms with E-state index < -0.39 is 17.7 Å². The Morgan fingerprint density at radius 3 is 2.61 bits per heavy atom. The first-order valence-corrected chi connectivity index (χ1v) is 5.70. The molecule has 94 valence electrons. The van der Waals surface area contributed by atoms with Crippen molar-refractivity contribution in [3.05, 3.63) is 65.5 Å². The number of pyridine rings is 1. The number of rotatable bonds is 4. The maximum Gasteiger partial charge on any atom is 0.159 e. The predicted molar refractivity (Wildman–Crippen MR) is 63.9 cm³/mol. The number of halogens is 2. The number of aliphatic hydroxyl groups excluding tert-OH is 1. The van der Waals surface area contributed by atoms with Crippen molar-refractivity contribution < 1.29 is 13.9 Å². The Bertz CT molecular complexity index is 516. The number of aryl methyl sites for hydroxylation is 1. The maximum absolute atomic E-state index is 13.0. The number of aliphatic hydroxyl groups is 1. The van der Waals surface area contributed by atoms with E-state index in [1.54, 1.807) is 6.20 Å². The zero-order chi connectivity index (χ0) is 13.0. The summed E-state index contributed by atoms with van der Waals surface area (Å²) in [7, 11) is 0. The Morgan fingerprint density at radius 1 is 1.11 bits per heavy atom. The summed E-state index contributed by atoms with van der Waals surface area (Å²) in [6, 6.07) is 8.98. The summed E-state index contributed by atoms with van der Waals surface area (Å²) in [5, 5.41) is 9.88. The first kappa shape index (κ1) is 12.6. The van der Waals surface area contributed by atoms with Gasteiger partial charge in [0.2, 0.25) is 0 Å². The zero-order valence-electron chi connectivity index (χ0n) is 9.68. The van der Waals surface area contributed by atoms with Gasteiger partial charge in [0.25, 0.3) is 0 Å². The monoisotopic (exact) mass is 249 g/mol. The maximum atomic E-state index is 13.0. The molecule has 0 aliphatic carbocycles. The third kappa shape index (κ3) is 3.11. The quantitative estimate of drug-likeness (QED) is 0.903. The highest BCUT2D eigenvalue weighted by Crippen LogP contribution is 2.20. The van der Waals surface area contributed by atoms with Crippen LogP contribution in [-0.4, -0.2) is 10.1 Å². The van der Waals surface area contributed by atoms with Gasteiger partial charge in [-0.05, 0) is 42.7 Å². The van der Waals surface area contributed by atoms with Crippen LogP contribution in [0.5, 0.6) is 0 Å². The number of benzene rings is 1. The standard InChI is InChI=1S/C14H13F2NO/c15-12-6-4-10(9-13(12)16)14(18)7-5-11-3-1-2-8-17-11/h1-4,6,8-9,14,18H,5,7H2. The van der Waals surface area contributed by atoms with Crippen LogP contribution in [-0.2, 0) is 6.42 Å². The third-order valence-corrected chi connectivity index (χ3v) is 2.73. The molecule has 0 amide bonds. The van der Waals surface area contributed by atoms with Gasteiger partial charge in [0.15, 0.2) is 11.6 Å². The van der Waals surface area contributed by atoms with Gasteiger partial charge in [0.05, 0.1) is 6.10 Å². The molecule has 1 atom stereocenters. The van der Waals surface area contributed by atoms with E-state index in [1.807, 2.05) is 18.2 Å². The van der Waals surface area contributed by atoms with Gasteiger partial charge in [-0.1, -0.05) is 12.1 Å². The fourth-order valence-electron chi connectivity index (χ4n) is 1.72. The van der Waals surface area contributed by atoms with E-state index in [0.717, 1.165) is 17.8 Å². The number of aromatic nitrogens is 1. The smallest absolute Gasteiger partial charge is 0.159 e. The highest BCUT2D eigenvalue weighted by Gasteiger charge is 2.11. The fraction of sp³-hybridized carbons (Fsp3) is 0.214. The normalized spacial score (nSPS) is 12.4. The zero-order valence-corrected chi connectivity index (χ0v) is 9.68. The molecule has 18 heavy (non-hydrogen) atoms. The molecule has 1 aromatic carbocycles. The first-order chi connectivity index (χ1) is 8.66. The van der Waals surface area contributed by atoms with Gasteiger partial charge >= 0.3 is 0 Å². The molecule has 1 N–H and O–H groups in total. The molecule has 2 rings (SSSR count). The molecule has 1 aromatic heterocycles. The molecule has 0 saturated carbocycles. The second-order valence-corrected chi connectivity index (χ2v) is 4.05. The van der Waals surface area contributed by atoms with Crippen LogP contribution >= 0.6 is 0 Å². The molecule has 0 spiro atoms. The van der Waals surface area contributed by atoms with E-state index in [0.29, 0.717) is 18.4 Å². The predicted octanol–water partition coefficient (Wildman–Crippen LogP) is 3.03. The molecule has 0 radical (unpaired) electrons. The number of nitrogens with zero attached hydrogens (tertiary/aromatic N) is 1. The van der Waals surface area contributed by atoms with Crippen LogP contribution in [0.15, 0.2) is 42.6 Å². The van der Waals surface area contributed by atoms with Gasteiger partial charge in [-0.3, -0.25) is 4.98 Å². The van der Waals surface area contributed by atoms with Gasteiger partial charge in [-0.2, -0.15) is 0 Å². The van der Waals surface area contributed by atoms with E-state index in [2.05, 4.69) is 4.98 Å². The lowest BCUT2D eigenvalue weighted by molar-refractivity contribution is 0.167. The van der Waals surface area contributed by atoms with Crippen LogP contribution in [0.2, 0.25) is 0 Å². The second-order valence-electron chi connectivity index (χ2n) is 4.05. The Labute approximate surface area is 104 Å². The Hall–Kier alpha value is -1.81. The topological polar surface area (TPSA) is 33.1 Å². The average Bonchev–Trinajstić information content (AvgIpc) is 2.40. The summed E-state index contributed by atoms with van der Waals surface area (Å²) in [4.78, 5) is 4.13. The van der Waals surface area contributed by atoms with Crippen LogP contribution in [0.3, 0.4) is 0 Å². The highest BCUT2D eigenvalue weighted by molar-refractivity contribution is 5.20. The van der Waals surface area contributed by atoms with E-state index in [9.17, 15) is 13.9 Å². The van der Waals surface area contributed by atoms with E-state index in [4.69, 9.17) is 0 Å².